The number of rotatable bonds is 8. The van der Waals surface area contributed by atoms with Crippen LogP contribution in [0.3, 0.4) is 0 Å². The first kappa shape index (κ1) is 18.6. The zero-order valence-electron chi connectivity index (χ0n) is 13.4. The summed E-state index contributed by atoms with van der Waals surface area (Å²) in [7, 11) is 1.62. The van der Waals surface area contributed by atoms with Gasteiger partial charge >= 0.3 is 0 Å². The number of hydrogen-bond acceptors (Lipinski definition) is 5. The SMILES string of the molecule is CC(=O)C(C)C(C(C)=O)N(C)C(C(C)=O)C(C)C(C)=O. The minimum absolute atomic E-state index is 0.116. The van der Waals surface area contributed by atoms with Crippen molar-refractivity contribution in [1.82, 2.24) is 4.90 Å². The van der Waals surface area contributed by atoms with E-state index in [1.165, 1.54) is 27.7 Å². The molecule has 4 atom stereocenters. The highest BCUT2D eigenvalue weighted by Crippen LogP contribution is 2.20. The van der Waals surface area contributed by atoms with Gasteiger partial charge in [-0.05, 0) is 34.7 Å². The summed E-state index contributed by atoms with van der Waals surface area (Å²) < 4.78 is 0. The predicted octanol–water partition coefficient (Wildman–Crippen LogP) is 1.28. The minimum atomic E-state index is -0.691. The van der Waals surface area contributed by atoms with Crippen LogP contribution in [0.4, 0.5) is 0 Å². The maximum Gasteiger partial charge on any atom is 0.147 e. The lowest BCUT2D eigenvalue weighted by Crippen LogP contribution is -2.54. The van der Waals surface area contributed by atoms with Gasteiger partial charge in [0.25, 0.3) is 0 Å². The van der Waals surface area contributed by atoms with Gasteiger partial charge in [0.15, 0.2) is 0 Å². The molecule has 0 bridgehead atoms. The molecule has 0 aliphatic carbocycles. The average molecular weight is 283 g/mol. The first-order valence-electron chi connectivity index (χ1n) is 6.76. The van der Waals surface area contributed by atoms with E-state index in [-0.39, 0.29) is 23.1 Å². The van der Waals surface area contributed by atoms with Crippen molar-refractivity contribution in [1.29, 1.82) is 0 Å². The van der Waals surface area contributed by atoms with Crippen LogP contribution in [0.1, 0.15) is 41.5 Å². The van der Waals surface area contributed by atoms with Crippen LogP contribution in [0.2, 0.25) is 0 Å². The quantitative estimate of drug-likeness (QED) is 0.671. The highest BCUT2D eigenvalue weighted by atomic mass is 16.1. The number of Topliss-reactive ketones (excluding diaryl/α,β-unsaturated/α-hetero) is 4. The summed E-state index contributed by atoms with van der Waals surface area (Å²) >= 11 is 0. The topological polar surface area (TPSA) is 71.5 Å². The summed E-state index contributed by atoms with van der Waals surface area (Å²) in [5.41, 5.74) is 0. The fourth-order valence-corrected chi connectivity index (χ4v) is 2.60. The van der Waals surface area contributed by atoms with Gasteiger partial charge in [0, 0.05) is 11.8 Å². The van der Waals surface area contributed by atoms with Gasteiger partial charge in [0.05, 0.1) is 12.1 Å². The zero-order chi connectivity index (χ0) is 16.2. The van der Waals surface area contributed by atoms with E-state index in [9.17, 15) is 19.2 Å². The van der Waals surface area contributed by atoms with Crippen LogP contribution in [0.5, 0.6) is 0 Å². The second kappa shape index (κ2) is 7.43. The molecule has 0 aliphatic heterocycles. The second-order valence-corrected chi connectivity index (χ2v) is 5.58. The molecule has 20 heavy (non-hydrogen) atoms. The first-order chi connectivity index (χ1) is 9.02. The normalized spacial score (nSPS) is 17.2. The van der Waals surface area contributed by atoms with Crippen LogP contribution in [-0.4, -0.2) is 47.2 Å². The molecule has 114 valence electrons. The van der Waals surface area contributed by atoms with E-state index >= 15 is 0 Å². The Bertz CT molecular complexity index is 378. The van der Waals surface area contributed by atoms with Gasteiger partial charge in [-0.3, -0.25) is 24.1 Å². The standard InChI is InChI=1S/C15H25NO4/c1-8(10(3)17)14(12(5)19)16(7)15(13(6)20)9(2)11(4)18/h8-9,14-15H,1-7H3. The maximum absolute atomic E-state index is 11.9. The van der Waals surface area contributed by atoms with Crippen molar-refractivity contribution in [2.24, 2.45) is 11.8 Å². The summed E-state index contributed by atoms with van der Waals surface area (Å²) in [4.78, 5) is 48.4. The fourth-order valence-electron chi connectivity index (χ4n) is 2.60. The van der Waals surface area contributed by atoms with Crippen LogP contribution >= 0.6 is 0 Å². The Morgan fingerprint density at radius 3 is 1.05 bits per heavy atom. The molecular formula is C15H25NO4. The average Bonchev–Trinajstić information content (AvgIpc) is 2.27. The molecule has 5 heteroatoms. The van der Waals surface area contributed by atoms with E-state index in [0.717, 1.165) is 0 Å². The minimum Gasteiger partial charge on any atom is -0.300 e. The summed E-state index contributed by atoms with van der Waals surface area (Å²) in [5, 5.41) is 0. The summed E-state index contributed by atoms with van der Waals surface area (Å²) in [6, 6.07) is -1.38. The van der Waals surface area contributed by atoms with E-state index in [1.807, 2.05) is 0 Å². The monoisotopic (exact) mass is 283 g/mol. The molecule has 0 rings (SSSR count). The highest BCUT2D eigenvalue weighted by Gasteiger charge is 2.38. The van der Waals surface area contributed by atoms with Gasteiger partial charge in [-0.2, -0.15) is 0 Å². The zero-order valence-corrected chi connectivity index (χ0v) is 13.4. The number of hydrogen-bond donors (Lipinski definition) is 0. The lowest BCUT2D eigenvalue weighted by Gasteiger charge is -2.37. The van der Waals surface area contributed by atoms with Gasteiger partial charge in [0.2, 0.25) is 0 Å². The van der Waals surface area contributed by atoms with E-state index < -0.39 is 23.9 Å². The fraction of sp³-hybridized carbons (Fsp3) is 0.733. The van der Waals surface area contributed by atoms with Gasteiger partial charge in [-0.15, -0.1) is 0 Å². The maximum atomic E-state index is 11.9. The van der Waals surface area contributed by atoms with E-state index in [1.54, 1.807) is 25.8 Å². The van der Waals surface area contributed by atoms with Crippen molar-refractivity contribution in [2.45, 2.75) is 53.6 Å². The Labute approximate surface area is 120 Å². The van der Waals surface area contributed by atoms with E-state index in [0.29, 0.717) is 0 Å². The Kier molecular flexibility index (Phi) is 6.92. The van der Waals surface area contributed by atoms with Crippen molar-refractivity contribution >= 4 is 23.1 Å². The highest BCUT2D eigenvalue weighted by molar-refractivity contribution is 5.92. The molecule has 0 fully saturated rings. The van der Waals surface area contributed by atoms with Crippen LogP contribution in [0.25, 0.3) is 0 Å². The molecule has 0 spiro atoms. The van der Waals surface area contributed by atoms with Crippen molar-refractivity contribution in [3.8, 4) is 0 Å². The van der Waals surface area contributed by atoms with Gasteiger partial charge < -0.3 is 0 Å². The molecule has 0 aromatic heterocycles. The number of likely N-dealkylation sites (N-methyl/N-ethyl adjacent to an activating group) is 1. The van der Waals surface area contributed by atoms with Gasteiger partial charge in [-0.1, -0.05) is 13.8 Å². The molecule has 0 heterocycles. The van der Waals surface area contributed by atoms with Crippen molar-refractivity contribution in [3.63, 3.8) is 0 Å². The van der Waals surface area contributed by atoms with Gasteiger partial charge in [-0.25, -0.2) is 0 Å². The molecule has 0 aromatic rings. The third-order valence-corrected chi connectivity index (χ3v) is 3.94. The van der Waals surface area contributed by atoms with Gasteiger partial charge in [0.1, 0.15) is 23.1 Å². The molecule has 5 nitrogen and oxygen atoms in total. The second-order valence-electron chi connectivity index (χ2n) is 5.58. The third kappa shape index (κ3) is 4.34. The Balaban J connectivity index is 5.54. The Morgan fingerprint density at radius 1 is 0.650 bits per heavy atom. The van der Waals surface area contributed by atoms with Crippen molar-refractivity contribution < 1.29 is 19.2 Å². The Morgan fingerprint density at radius 2 is 0.900 bits per heavy atom. The molecule has 0 aromatic carbocycles. The smallest absolute Gasteiger partial charge is 0.147 e. The molecule has 0 aliphatic rings. The third-order valence-electron chi connectivity index (χ3n) is 3.94. The largest absolute Gasteiger partial charge is 0.300 e. The van der Waals surface area contributed by atoms with E-state index in [4.69, 9.17) is 0 Å². The lowest BCUT2D eigenvalue weighted by atomic mass is 9.88. The molecule has 0 saturated carbocycles. The molecule has 0 amide bonds. The Hall–Kier alpha value is -1.36. The summed E-state index contributed by atoms with van der Waals surface area (Å²) in [6.07, 6.45) is 0. The van der Waals surface area contributed by atoms with Crippen LogP contribution in [0.15, 0.2) is 0 Å². The van der Waals surface area contributed by atoms with Crippen LogP contribution in [0, 0.1) is 11.8 Å². The van der Waals surface area contributed by atoms with Crippen molar-refractivity contribution in [2.75, 3.05) is 7.05 Å². The summed E-state index contributed by atoms with van der Waals surface area (Å²) in [5.74, 6) is -1.63. The number of carbonyl (C=O) groups excluding carboxylic acids is 4. The molecular weight excluding hydrogens is 258 g/mol. The number of carbonyl (C=O) groups is 4. The molecule has 0 saturated heterocycles. The molecule has 4 unspecified atom stereocenters. The number of ketones is 4. The summed E-state index contributed by atoms with van der Waals surface area (Å²) in [6.45, 7) is 8.98. The number of nitrogens with zero attached hydrogens (tertiary/aromatic N) is 1. The predicted molar refractivity (Wildman–Crippen MR) is 76.4 cm³/mol. The first-order valence-corrected chi connectivity index (χ1v) is 6.76. The lowest BCUT2D eigenvalue weighted by molar-refractivity contribution is -0.138. The van der Waals surface area contributed by atoms with E-state index in [2.05, 4.69) is 0 Å². The van der Waals surface area contributed by atoms with Crippen LogP contribution < -0.4 is 0 Å². The van der Waals surface area contributed by atoms with Crippen molar-refractivity contribution in [3.05, 3.63) is 0 Å². The molecule has 0 N–H and O–H groups in total. The molecule has 0 radical (unpaired) electrons. The van der Waals surface area contributed by atoms with Crippen LogP contribution in [-0.2, 0) is 19.2 Å².